The lowest BCUT2D eigenvalue weighted by Gasteiger charge is -2.16. The molecule has 0 bridgehead atoms. The van der Waals surface area contributed by atoms with Gasteiger partial charge in [-0.15, -0.1) is 15.3 Å². The molecule has 4 aromatic rings. The molecule has 3 aromatic heterocycles. The van der Waals surface area contributed by atoms with Crippen molar-refractivity contribution >= 4 is 17.2 Å². The number of hydrogen-bond donors (Lipinski definition) is 0. The van der Waals surface area contributed by atoms with Crippen molar-refractivity contribution in [2.75, 3.05) is 7.11 Å². The number of halogens is 4. The number of aryl methyl sites for hydroxylation is 2. The Balaban J connectivity index is 1.90. The molecular weight excluding hydrogens is 435 g/mol. The minimum atomic E-state index is -4.56. The lowest BCUT2D eigenvalue weighted by atomic mass is 10.0. The first-order valence-electron chi connectivity index (χ1n) is 8.96. The molecule has 3 heterocycles. The summed E-state index contributed by atoms with van der Waals surface area (Å²) in [6, 6.07) is 6.57. The highest BCUT2D eigenvalue weighted by atomic mass is 35.5. The van der Waals surface area contributed by atoms with Crippen LogP contribution in [0.2, 0.25) is 5.28 Å². The molecule has 4 rings (SSSR count). The van der Waals surface area contributed by atoms with E-state index in [1.165, 1.54) is 17.7 Å². The van der Waals surface area contributed by atoms with Crippen molar-refractivity contribution in [2.24, 2.45) is 0 Å². The average molecular weight is 450 g/mol. The van der Waals surface area contributed by atoms with Gasteiger partial charge in [-0.1, -0.05) is 0 Å². The molecule has 7 nitrogen and oxygen atoms in total. The van der Waals surface area contributed by atoms with Crippen molar-refractivity contribution in [3.05, 3.63) is 58.5 Å². The molecule has 0 unspecified atom stereocenters. The Morgan fingerprint density at radius 3 is 2.48 bits per heavy atom. The predicted octanol–water partition coefficient (Wildman–Crippen LogP) is 5.28. The van der Waals surface area contributed by atoms with Crippen molar-refractivity contribution in [3.63, 3.8) is 0 Å². The summed E-state index contributed by atoms with van der Waals surface area (Å²) in [4.78, 5) is 4.20. The number of benzene rings is 1. The first kappa shape index (κ1) is 20.9. The predicted molar refractivity (Wildman–Crippen MR) is 107 cm³/mol. The molecule has 0 saturated carbocycles. The molecule has 0 N–H and O–H groups in total. The van der Waals surface area contributed by atoms with Crippen LogP contribution in [0.4, 0.5) is 13.2 Å². The van der Waals surface area contributed by atoms with E-state index in [9.17, 15) is 13.2 Å². The van der Waals surface area contributed by atoms with Crippen LogP contribution < -0.4 is 9.47 Å². The van der Waals surface area contributed by atoms with Gasteiger partial charge in [0.25, 0.3) is 0 Å². The maximum Gasteiger partial charge on any atom is 0.416 e. The summed E-state index contributed by atoms with van der Waals surface area (Å²) in [5.41, 5.74) is 1.68. The Hall–Kier alpha value is -3.40. The van der Waals surface area contributed by atoms with Gasteiger partial charge in [0.2, 0.25) is 17.0 Å². The van der Waals surface area contributed by atoms with Gasteiger partial charge in [-0.3, -0.25) is 0 Å². The van der Waals surface area contributed by atoms with Crippen molar-refractivity contribution in [2.45, 2.75) is 20.0 Å². The molecule has 0 amide bonds. The second-order valence-electron chi connectivity index (χ2n) is 6.75. The fourth-order valence-corrected chi connectivity index (χ4v) is 3.16. The second kappa shape index (κ2) is 7.69. The zero-order valence-electron chi connectivity index (χ0n) is 16.5. The fraction of sp³-hybridized carbons (Fsp3) is 0.200. The van der Waals surface area contributed by atoms with E-state index < -0.39 is 11.7 Å². The Labute approximate surface area is 179 Å². The molecule has 1 aromatic carbocycles. The number of ether oxygens (including phenoxy) is 2. The number of aromatic nitrogens is 5. The van der Waals surface area contributed by atoms with Crippen LogP contribution in [-0.4, -0.2) is 31.9 Å². The van der Waals surface area contributed by atoms with E-state index in [2.05, 4.69) is 20.3 Å². The van der Waals surface area contributed by atoms with E-state index in [4.69, 9.17) is 21.1 Å². The van der Waals surface area contributed by atoms with Crippen LogP contribution in [0.1, 0.15) is 16.7 Å². The van der Waals surface area contributed by atoms with E-state index >= 15 is 0 Å². The first-order chi connectivity index (χ1) is 14.7. The van der Waals surface area contributed by atoms with Gasteiger partial charge in [-0.2, -0.15) is 17.7 Å². The van der Waals surface area contributed by atoms with Crippen molar-refractivity contribution < 1.29 is 22.6 Å². The van der Waals surface area contributed by atoms with Gasteiger partial charge in [0.1, 0.15) is 5.75 Å². The quantitative estimate of drug-likeness (QED) is 0.422. The lowest BCUT2D eigenvalue weighted by molar-refractivity contribution is -0.137. The van der Waals surface area contributed by atoms with Crippen LogP contribution >= 0.6 is 11.6 Å². The highest BCUT2D eigenvalue weighted by Crippen LogP contribution is 2.41. The van der Waals surface area contributed by atoms with Crippen LogP contribution in [0.3, 0.4) is 0 Å². The molecule has 31 heavy (non-hydrogen) atoms. The molecule has 0 spiro atoms. The number of rotatable bonds is 4. The Morgan fingerprint density at radius 1 is 1.00 bits per heavy atom. The third-order valence-electron chi connectivity index (χ3n) is 4.49. The number of nitrogens with zero attached hydrogens (tertiary/aromatic N) is 5. The number of methoxy groups -OCH3 is 1. The summed E-state index contributed by atoms with van der Waals surface area (Å²) < 4.78 is 52.6. The van der Waals surface area contributed by atoms with Crippen molar-refractivity contribution in [1.29, 1.82) is 0 Å². The van der Waals surface area contributed by atoms with Crippen molar-refractivity contribution in [3.8, 4) is 28.6 Å². The largest absolute Gasteiger partial charge is 0.481 e. The van der Waals surface area contributed by atoms with Crippen molar-refractivity contribution in [1.82, 2.24) is 24.8 Å². The number of hydrogen-bond acceptors (Lipinski definition) is 6. The second-order valence-corrected chi connectivity index (χ2v) is 7.09. The van der Waals surface area contributed by atoms with Crippen LogP contribution in [-0.2, 0) is 6.18 Å². The normalized spacial score (nSPS) is 11.7. The summed E-state index contributed by atoms with van der Waals surface area (Å²) in [6.07, 6.45) is -2.96. The molecule has 0 atom stereocenters. The summed E-state index contributed by atoms with van der Waals surface area (Å²) in [5, 5.41) is 11.8. The van der Waals surface area contributed by atoms with Gasteiger partial charge in [-0.25, -0.2) is 4.98 Å². The smallest absolute Gasteiger partial charge is 0.416 e. The molecule has 11 heteroatoms. The molecule has 0 aliphatic heterocycles. The van der Waals surface area contributed by atoms with Gasteiger partial charge in [0, 0.05) is 22.9 Å². The third-order valence-corrected chi connectivity index (χ3v) is 4.72. The molecule has 0 aliphatic rings. The average Bonchev–Trinajstić information content (AvgIpc) is 3.07. The molecule has 0 fully saturated rings. The SMILES string of the molecule is COc1ncc(C)cc1-c1ccc(C(F)(F)F)cc1Oc1nn2c(Cl)nnc2cc1C. The third kappa shape index (κ3) is 3.98. The highest BCUT2D eigenvalue weighted by Gasteiger charge is 2.32. The van der Waals surface area contributed by atoms with Crippen LogP contribution in [0.5, 0.6) is 17.5 Å². The summed E-state index contributed by atoms with van der Waals surface area (Å²) in [5.74, 6) is 0.228. The van der Waals surface area contributed by atoms with Crippen LogP contribution in [0.25, 0.3) is 16.8 Å². The molecular formula is C20H15ClF3N5O2. The van der Waals surface area contributed by atoms with E-state index in [1.807, 2.05) is 6.92 Å². The summed E-state index contributed by atoms with van der Waals surface area (Å²) >= 11 is 5.97. The van der Waals surface area contributed by atoms with Gasteiger partial charge in [0.05, 0.1) is 12.7 Å². The zero-order chi connectivity index (χ0) is 22.3. The van der Waals surface area contributed by atoms with E-state index in [0.29, 0.717) is 22.3 Å². The minimum Gasteiger partial charge on any atom is -0.481 e. The molecule has 160 valence electrons. The lowest BCUT2D eigenvalue weighted by Crippen LogP contribution is -2.06. The van der Waals surface area contributed by atoms with Gasteiger partial charge < -0.3 is 9.47 Å². The number of pyridine rings is 1. The minimum absolute atomic E-state index is 0.00586. The molecule has 0 aliphatic carbocycles. The number of fused-ring (bicyclic) bond motifs is 1. The highest BCUT2D eigenvalue weighted by molar-refractivity contribution is 6.28. The maximum atomic E-state index is 13.4. The molecule has 0 saturated heterocycles. The fourth-order valence-electron chi connectivity index (χ4n) is 3.00. The topological polar surface area (TPSA) is 74.4 Å². The van der Waals surface area contributed by atoms with Gasteiger partial charge in [0.15, 0.2) is 5.65 Å². The van der Waals surface area contributed by atoms with Gasteiger partial charge in [-0.05, 0) is 61.3 Å². The Bertz CT molecular complexity index is 1290. The zero-order valence-corrected chi connectivity index (χ0v) is 17.3. The summed E-state index contributed by atoms with van der Waals surface area (Å²) in [7, 11) is 1.43. The Kier molecular flexibility index (Phi) is 5.18. The summed E-state index contributed by atoms with van der Waals surface area (Å²) in [6.45, 7) is 3.50. The van der Waals surface area contributed by atoms with Gasteiger partial charge >= 0.3 is 6.18 Å². The van der Waals surface area contributed by atoms with Crippen LogP contribution in [0.15, 0.2) is 36.5 Å². The monoisotopic (exact) mass is 449 g/mol. The van der Waals surface area contributed by atoms with E-state index in [1.54, 1.807) is 25.3 Å². The Morgan fingerprint density at radius 2 is 1.77 bits per heavy atom. The maximum absolute atomic E-state index is 13.4. The van der Waals surface area contributed by atoms with E-state index in [-0.39, 0.29) is 22.8 Å². The van der Waals surface area contributed by atoms with Crippen LogP contribution in [0, 0.1) is 13.8 Å². The standard InChI is InChI=1S/C20H15ClF3N5O2/c1-10-6-14(18(30-3)25-9-10)13-5-4-12(20(22,23)24)8-15(13)31-17-11(2)7-16-26-27-19(21)29(16)28-17/h4-9H,1-3H3. The number of alkyl halides is 3. The first-order valence-corrected chi connectivity index (χ1v) is 9.34. The molecule has 0 radical (unpaired) electrons. The van der Waals surface area contributed by atoms with E-state index in [0.717, 1.165) is 17.7 Å².